The molecule has 0 amide bonds. The summed E-state index contributed by atoms with van der Waals surface area (Å²) in [6.45, 7) is 0. The van der Waals surface area contributed by atoms with Gasteiger partial charge in [0.15, 0.2) is 0 Å². The lowest BCUT2D eigenvalue weighted by Crippen LogP contribution is -2.11. The minimum absolute atomic E-state index is 0.0180. The minimum atomic E-state index is 0.0180. The highest BCUT2D eigenvalue weighted by molar-refractivity contribution is 5.94. The first-order chi connectivity index (χ1) is 14.7. The summed E-state index contributed by atoms with van der Waals surface area (Å²) in [6.07, 6.45) is 11.6. The van der Waals surface area contributed by atoms with E-state index >= 15 is 0 Å². The number of hydrogen-bond donors (Lipinski definition) is 1. The normalized spacial score (nSPS) is 14.8. The van der Waals surface area contributed by atoms with Crippen LogP contribution in [0.5, 0.6) is 0 Å². The molecule has 0 unspecified atom stereocenters. The summed E-state index contributed by atoms with van der Waals surface area (Å²) in [4.78, 5) is 17.1. The third-order valence-corrected chi connectivity index (χ3v) is 6.08. The third kappa shape index (κ3) is 2.64. The molecule has 1 aliphatic carbocycles. The van der Waals surface area contributed by atoms with Crippen LogP contribution in [-0.2, 0) is 12.5 Å². The molecule has 1 N–H and O–H groups in total. The highest BCUT2D eigenvalue weighted by atomic mass is 15.2. The number of nitrogens with zero attached hydrogens (tertiary/aromatic N) is 5. The number of H-pyrrole nitrogens is 1. The maximum Gasteiger partial charge on any atom is 0.137 e. The van der Waals surface area contributed by atoms with Crippen molar-refractivity contribution < 1.29 is 0 Å². The molecule has 0 aliphatic heterocycles. The van der Waals surface area contributed by atoms with Crippen LogP contribution >= 0.6 is 0 Å². The van der Waals surface area contributed by atoms with Crippen molar-refractivity contribution in [2.24, 2.45) is 7.05 Å². The van der Waals surface area contributed by atoms with E-state index < -0.39 is 0 Å². The number of aromatic amines is 1. The van der Waals surface area contributed by atoms with E-state index in [-0.39, 0.29) is 5.41 Å². The molecule has 146 valence electrons. The van der Waals surface area contributed by atoms with Crippen LogP contribution in [0.1, 0.15) is 24.1 Å². The van der Waals surface area contributed by atoms with Gasteiger partial charge in [-0.2, -0.15) is 5.10 Å². The minimum Gasteiger partial charge on any atom is -0.345 e. The third-order valence-electron chi connectivity index (χ3n) is 6.08. The first-order valence-electron chi connectivity index (χ1n) is 10.1. The van der Waals surface area contributed by atoms with Crippen molar-refractivity contribution in [3.63, 3.8) is 0 Å². The molecule has 0 saturated heterocycles. The number of fused-ring (bicyclic) bond motifs is 1. The molecule has 5 aromatic rings. The highest BCUT2D eigenvalue weighted by Gasteiger charge is 2.47. The second-order valence-corrected chi connectivity index (χ2v) is 7.96. The van der Waals surface area contributed by atoms with Crippen LogP contribution in [0.25, 0.3) is 33.4 Å². The van der Waals surface area contributed by atoms with E-state index in [2.05, 4.69) is 67.5 Å². The van der Waals surface area contributed by atoms with Gasteiger partial charge in [-0.15, -0.1) is 0 Å². The number of pyridine rings is 1. The highest BCUT2D eigenvalue weighted by Crippen LogP contribution is 2.53. The van der Waals surface area contributed by atoms with Gasteiger partial charge in [0.25, 0.3) is 0 Å². The van der Waals surface area contributed by atoms with Crippen LogP contribution in [0.15, 0.2) is 73.6 Å². The van der Waals surface area contributed by atoms with Crippen molar-refractivity contribution >= 4 is 11.0 Å². The Bertz CT molecular complexity index is 1360. The molecule has 4 heterocycles. The summed E-state index contributed by atoms with van der Waals surface area (Å²) in [5.41, 5.74) is 7.32. The summed E-state index contributed by atoms with van der Waals surface area (Å²) < 4.78 is 1.80. The van der Waals surface area contributed by atoms with Crippen LogP contribution < -0.4 is 0 Å². The number of benzene rings is 1. The van der Waals surface area contributed by atoms with Crippen molar-refractivity contribution in [2.45, 2.75) is 18.3 Å². The quantitative estimate of drug-likeness (QED) is 0.489. The lowest BCUT2D eigenvalue weighted by molar-refractivity contribution is 0.768. The largest absolute Gasteiger partial charge is 0.345 e. The number of nitrogens with one attached hydrogen (secondary N) is 1. The Kier molecular flexibility index (Phi) is 3.62. The van der Waals surface area contributed by atoms with Gasteiger partial charge in [0.05, 0.1) is 17.6 Å². The van der Waals surface area contributed by atoms with Crippen molar-refractivity contribution in [1.29, 1.82) is 0 Å². The lowest BCUT2D eigenvalue weighted by atomic mass is 9.91. The van der Waals surface area contributed by atoms with Gasteiger partial charge in [0.2, 0.25) is 0 Å². The zero-order valence-corrected chi connectivity index (χ0v) is 16.6. The summed E-state index contributed by atoms with van der Waals surface area (Å²) >= 11 is 0. The van der Waals surface area contributed by atoms with Gasteiger partial charge in [-0.1, -0.05) is 30.3 Å². The number of aryl methyl sites for hydroxylation is 1. The van der Waals surface area contributed by atoms with Crippen LogP contribution in [-0.4, -0.2) is 29.7 Å². The predicted molar refractivity (Wildman–Crippen MR) is 116 cm³/mol. The predicted octanol–water partition coefficient (Wildman–Crippen LogP) is 4.50. The summed E-state index contributed by atoms with van der Waals surface area (Å²) in [5.74, 6) is 0. The molecule has 1 saturated carbocycles. The van der Waals surface area contributed by atoms with Gasteiger partial charge >= 0.3 is 0 Å². The molecule has 0 bridgehead atoms. The van der Waals surface area contributed by atoms with Crippen LogP contribution in [0.2, 0.25) is 0 Å². The zero-order valence-electron chi connectivity index (χ0n) is 16.6. The van der Waals surface area contributed by atoms with E-state index in [1.165, 1.54) is 5.56 Å². The van der Waals surface area contributed by atoms with Crippen molar-refractivity contribution in [3.8, 4) is 22.4 Å². The van der Waals surface area contributed by atoms with E-state index in [1.54, 1.807) is 11.0 Å². The fourth-order valence-corrected chi connectivity index (χ4v) is 4.28. The van der Waals surface area contributed by atoms with E-state index in [1.807, 2.05) is 31.8 Å². The Balaban J connectivity index is 1.45. The molecule has 4 aromatic heterocycles. The van der Waals surface area contributed by atoms with E-state index in [9.17, 15) is 0 Å². The fourth-order valence-electron chi connectivity index (χ4n) is 4.28. The van der Waals surface area contributed by atoms with Crippen LogP contribution in [0, 0.1) is 0 Å². The van der Waals surface area contributed by atoms with E-state index in [4.69, 9.17) is 0 Å². The number of rotatable bonds is 4. The van der Waals surface area contributed by atoms with Gasteiger partial charge in [-0.3, -0.25) is 4.68 Å². The molecule has 1 aromatic carbocycles. The lowest BCUT2D eigenvalue weighted by Gasteiger charge is -2.15. The second kappa shape index (κ2) is 6.35. The molecule has 6 heteroatoms. The summed E-state index contributed by atoms with van der Waals surface area (Å²) in [5, 5.41) is 5.32. The van der Waals surface area contributed by atoms with Crippen molar-refractivity contribution in [2.75, 3.05) is 0 Å². The molecular weight excluding hydrogens is 372 g/mol. The van der Waals surface area contributed by atoms with Crippen LogP contribution in [0.4, 0.5) is 0 Å². The molecule has 0 spiro atoms. The SMILES string of the molecule is Cn1cc(-c2cnc3[nH]cc(-c4cc(C5(c6ccccc6)CC5)ncn4)c3c2)cn1. The molecule has 6 rings (SSSR count). The van der Waals surface area contributed by atoms with E-state index in [0.717, 1.165) is 52.0 Å². The monoisotopic (exact) mass is 392 g/mol. The Morgan fingerprint density at radius 2 is 1.83 bits per heavy atom. The Labute approximate surface area is 173 Å². The molecular formula is C24H20N6. The van der Waals surface area contributed by atoms with Crippen molar-refractivity contribution in [3.05, 3.63) is 84.8 Å². The first kappa shape index (κ1) is 17.1. The Morgan fingerprint density at radius 1 is 0.967 bits per heavy atom. The molecule has 0 atom stereocenters. The fraction of sp³-hybridized carbons (Fsp3) is 0.167. The van der Waals surface area contributed by atoms with Crippen molar-refractivity contribution in [1.82, 2.24) is 29.7 Å². The Hall–Kier alpha value is -3.80. The maximum absolute atomic E-state index is 4.66. The summed E-state index contributed by atoms with van der Waals surface area (Å²) in [7, 11) is 1.92. The van der Waals surface area contributed by atoms with E-state index in [0.29, 0.717) is 0 Å². The van der Waals surface area contributed by atoms with Gasteiger partial charge in [-0.25, -0.2) is 15.0 Å². The molecule has 1 fully saturated rings. The number of hydrogen-bond acceptors (Lipinski definition) is 4. The van der Waals surface area contributed by atoms with Gasteiger partial charge in [0.1, 0.15) is 12.0 Å². The second-order valence-electron chi connectivity index (χ2n) is 7.96. The van der Waals surface area contributed by atoms with Gasteiger partial charge < -0.3 is 4.98 Å². The molecule has 1 aliphatic rings. The molecule has 0 radical (unpaired) electrons. The van der Waals surface area contributed by atoms with Crippen LogP contribution in [0.3, 0.4) is 0 Å². The topological polar surface area (TPSA) is 72.3 Å². The average Bonchev–Trinajstić information content (AvgIpc) is 3.32. The molecule has 30 heavy (non-hydrogen) atoms. The molecule has 6 nitrogen and oxygen atoms in total. The smallest absolute Gasteiger partial charge is 0.137 e. The number of aromatic nitrogens is 6. The zero-order chi connectivity index (χ0) is 20.1. The Morgan fingerprint density at radius 3 is 2.60 bits per heavy atom. The maximum atomic E-state index is 4.66. The first-order valence-corrected chi connectivity index (χ1v) is 10.1. The average molecular weight is 392 g/mol. The summed E-state index contributed by atoms with van der Waals surface area (Å²) in [6, 6.07) is 14.9. The van der Waals surface area contributed by atoms with Gasteiger partial charge in [-0.05, 0) is 30.5 Å². The van der Waals surface area contributed by atoms with Gasteiger partial charge in [0, 0.05) is 53.1 Å². The standard InChI is InChI=1S/C24H20N6/c1-30-14-17(12-29-30)16-9-19-20(13-26-23(19)25-11-16)21-10-22(28-15-27-21)24(7-8-24)18-5-3-2-4-6-18/h2-6,9-15H,7-8H2,1H3,(H,25,26).